The quantitative estimate of drug-likeness (QED) is 0.688. The summed E-state index contributed by atoms with van der Waals surface area (Å²) < 4.78 is 0. The first-order valence-electron chi connectivity index (χ1n) is 6.92. The summed E-state index contributed by atoms with van der Waals surface area (Å²) in [5.41, 5.74) is 0.676. The van der Waals surface area contributed by atoms with E-state index in [2.05, 4.69) is 4.90 Å². The number of nitro groups is 1. The zero-order valence-electron chi connectivity index (χ0n) is 11.0. The van der Waals surface area contributed by atoms with Gasteiger partial charge in [0.25, 0.3) is 5.69 Å². The van der Waals surface area contributed by atoms with Crippen molar-refractivity contribution < 1.29 is 10.0 Å². The zero-order valence-corrected chi connectivity index (χ0v) is 11.8. The van der Waals surface area contributed by atoms with Gasteiger partial charge in [-0.2, -0.15) is 0 Å². The molecular weight excluding hydrogens is 280 g/mol. The van der Waals surface area contributed by atoms with Crippen molar-refractivity contribution >= 4 is 17.3 Å². The molecule has 2 aliphatic heterocycles. The number of aliphatic hydroxyl groups excluding tert-OH is 1. The Kier molecular flexibility index (Phi) is 3.67. The lowest BCUT2D eigenvalue weighted by molar-refractivity contribution is -0.385. The highest BCUT2D eigenvalue weighted by Crippen LogP contribution is 2.39. The van der Waals surface area contributed by atoms with Gasteiger partial charge in [-0.3, -0.25) is 15.0 Å². The molecule has 0 amide bonds. The van der Waals surface area contributed by atoms with E-state index in [9.17, 15) is 15.2 Å². The van der Waals surface area contributed by atoms with Crippen molar-refractivity contribution in [2.24, 2.45) is 0 Å². The highest BCUT2D eigenvalue weighted by atomic mass is 35.5. The number of nitro benzene ring substituents is 1. The third-order valence-electron chi connectivity index (χ3n) is 4.49. The number of benzene rings is 1. The van der Waals surface area contributed by atoms with Gasteiger partial charge in [0.15, 0.2) is 0 Å². The molecule has 3 rings (SSSR count). The van der Waals surface area contributed by atoms with Crippen LogP contribution in [-0.2, 0) is 6.54 Å². The number of nitrogens with zero attached hydrogens (tertiary/aromatic N) is 2. The number of hydrogen-bond donors (Lipinski definition) is 1. The summed E-state index contributed by atoms with van der Waals surface area (Å²) in [6.45, 7) is 0.498. The Hall–Kier alpha value is -1.17. The Morgan fingerprint density at radius 3 is 2.60 bits per heavy atom. The fraction of sp³-hybridized carbons (Fsp3) is 0.571. The van der Waals surface area contributed by atoms with Gasteiger partial charge in [-0.05, 0) is 31.7 Å². The first-order valence-corrected chi connectivity index (χ1v) is 7.29. The molecule has 2 unspecified atom stereocenters. The number of rotatable bonds is 3. The minimum Gasteiger partial charge on any atom is -0.393 e. The molecule has 6 heteroatoms. The average Bonchev–Trinajstić information content (AvgIpc) is 2.63. The summed E-state index contributed by atoms with van der Waals surface area (Å²) in [7, 11) is 0. The Morgan fingerprint density at radius 1 is 1.35 bits per heavy atom. The van der Waals surface area contributed by atoms with Gasteiger partial charge in [-0.1, -0.05) is 17.7 Å². The number of halogens is 1. The van der Waals surface area contributed by atoms with E-state index < -0.39 is 0 Å². The van der Waals surface area contributed by atoms with Crippen molar-refractivity contribution in [3.05, 3.63) is 38.9 Å². The van der Waals surface area contributed by atoms with Crippen molar-refractivity contribution in [2.75, 3.05) is 0 Å². The van der Waals surface area contributed by atoms with E-state index in [0.29, 0.717) is 29.2 Å². The third-order valence-corrected chi connectivity index (χ3v) is 4.85. The summed E-state index contributed by atoms with van der Waals surface area (Å²) in [6.07, 6.45) is 3.40. The maximum absolute atomic E-state index is 11.1. The maximum atomic E-state index is 11.1. The van der Waals surface area contributed by atoms with Crippen LogP contribution >= 0.6 is 11.6 Å². The van der Waals surface area contributed by atoms with E-state index in [-0.39, 0.29) is 16.7 Å². The van der Waals surface area contributed by atoms with Gasteiger partial charge < -0.3 is 5.11 Å². The van der Waals surface area contributed by atoms with Crippen LogP contribution in [0, 0.1) is 10.1 Å². The van der Waals surface area contributed by atoms with Gasteiger partial charge in [0, 0.05) is 24.7 Å². The van der Waals surface area contributed by atoms with Crippen molar-refractivity contribution in [3.63, 3.8) is 0 Å². The Balaban J connectivity index is 1.87. The molecule has 2 aliphatic rings. The van der Waals surface area contributed by atoms with E-state index in [4.69, 9.17) is 11.6 Å². The number of hydrogen-bond acceptors (Lipinski definition) is 4. The molecule has 0 radical (unpaired) electrons. The van der Waals surface area contributed by atoms with Crippen LogP contribution in [0.1, 0.15) is 31.2 Å². The Morgan fingerprint density at radius 2 is 2.00 bits per heavy atom. The molecule has 5 nitrogen and oxygen atoms in total. The molecule has 1 N–H and O–H groups in total. The van der Waals surface area contributed by atoms with Gasteiger partial charge in [0.05, 0.1) is 21.6 Å². The summed E-state index contributed by atoms with van der Waals surface area (Å²) in [6, 6.07) is 5.45. The molecule has 2 saturated heterocycles. The van der Waals surface area contributed by atoms with Crippen LogP contribution in [0.5, 0.6) is 0 Å². The second-order valence-electron chi connectivity index (χ2n) is 5.68. The van der Waals surface area contributed by atoms with E-state index in [1.165, 1.54) is 6.07 Å². The highest BCUT2D eigenvalue weighted by Gasteiger charge is 2.40. The normalized spacial score (nSPS) is 29.6. The number of aliphatic hydroxyl groups is 1. The second kappa shape index (κ2) is 5.31. The SMILES string of the molecule is O=[N+]([O-])c1cccc(Cl)c1CN1C2CCC1CC(O)C2. The largest absolute Gasteiger partial charge is 0.393 e. The van der Waals surface area contributed by atoms with Gasteiger partial charge in [0.1, 0.15) is 0 Å². The predicted molar refractivity (Wildman–Crippen MR) is 75.7 cm³/mol. The molecule has 2 fully saturated rings. The molecular formula is C14H17ClN2O3. The first-order chi connectivity index (χ1) is 9.56. The van der Waals surface area contributed by atoms with Crippen LogP contribution < -0.4 is 0 Å². The smallest absolute Gasteiger partial charge is 0.275 e. The van der Waals surface area contributed by atoms with E-state index in [1.54, 1.807) is 12.1 Å². The van der Waals surface area contributed by atoms with Crippen molar-refractivity contribution in [1.29, 1.82) is 0 Å². The molecule has 1 aromatic rings. The molecule has 2 heterocycles. The summed E-state index contributed by atoms with van der Waals surface area (Å²) in [5.74, 6) is 0. The van der Waals surface area contributed by atoms with Crippen LogP contribution in [0.25, 0.3) is 0 Å². The minimum absolute atomic E-state index is 0.0861. The Bertz CT molecular complexity index is 523. The molecule has 2 bridgehead atoms. The maximum Gasteiger partial charge on any atom is 0.275 e. The fourth-order valence-electron chi connectivity index (χ4n) is 3.56. The highest BCUT2D eigenvalue weighted by molar-refractivity contribution is 6.31. The minimum atomic E-state index is -0.373. The molecule has 1 aromatic carbocycles. The zero-order chi connectivity index (χ0) is 14.3. The van der Waals surface area contributed by atoms with E-state index in [0.717, 1.165) is 25.7 Å². The topological polar surface area (TPSA) is 66.6 Å². The van der Waals surface area contributed by atoms with Crippen LogP contribution in [0.2, 0.25) is 5.02 Å². The van der Waals surface area contributed by atoms with Crippen LogP contribution in [0.3, 0.4) is 0 Å². The molecule has 0 spiro atoms. The van der Waals surface area contributed by atoms with E-state index >= 15 is 0 Å². The average molecular weight is 297 g/mol. The molecule has 20 heavy (non-hydrogen) atoms. The van der Waals surface area contributed by atoms with Crippen LogP contribution in [-0.4, -0.2) is 33.1 Å². The predicted octanol–water partition coefficient (Wildman–Crippen LogP) is 2.74. The van der Waals surface area contributed by atoms with Crippen LogP contribution in [0.15, 0.2) is 18.2 Å². The van der Waals surface area contributed by atoms with Gasteiger partial charge in [-0.25, -0.2) is 0 Å². The molecule has 0 saturated carbocycles. The number of fused-ring (bicyclic) bond motifs is 2. The van der Waals surface area contributed by atoms with Gasteiger partial charge in [0.2, 0.25) is 0 Å². The van der Waals surface area contributed by atoms with Crippen molar-refractivity contribution in [1.82, 2.24) is 4.90 Å². The lowest BCUT2D eigenvalue weighted by atomic mass is 9.99. The van der Waals surface area contributed by atoms with Crippen molar-refractivity contribution in [2.45, 2.75) is 50.4 Å². The number of piperidine rings is 1. The summed E-state index contributed by atoms with van der Waals surface area (Å²) in [5, 5.41) is 21.4. The van der Waals surface area contributed by atoms with Crippen molar-refractivity contribution in [3.8, 4) is 0 Å². The third kappa shape index (κ3) is 2.41. The Labute approximate surface area is 122 Å². The monoisotopic (exact) mass is 296 g/mol. The standard InChI is InChI=1S/C14H17ClN2O3/c15-13-2-1-3-14(17(19)20)12(13)8-16-9-4-5-10(16)7-11(18)6-9/h1-3,9-11,18H,4-8H2. The van der Waals surface area contributed by atoms with E-state index in [1.807, 2.05) is 0 Å². The fourth-order valence-corrected chi connectivity index (χ4v) is 3.79. The van der Waals surface area contributed by atoms with Gasteiger partial charge >= 0.3 is 0 Å². The lowest BCUT2D eigenvalue weighted by Crippen LogP contribution is -2.44. The van der Waals surface area contributed by atoms with Crippen LogP contribution in [0.4, 0.5) is 5.69 Å². The molecule has 2 atom stereocenters. The summed E-state index contributed by atoms with van der Waals surface area (Å²) in [4.78, 5) is 13.0. The summed E-state index contributed by atoms with van der Waals surface area (Å²) >= 11 is 6.16. The second-order valence-corrected chi connectivity index (χ2v) is 6.08. The first kappa shape index (κ1) is 13.8. The lowest BCUT2D eigenvalue weighted by Gasteiger charge is -2.37. The molecule has 108 valence electrons. The molecule has 0 aliphatic carbocycles. The molecule has 0 aromatic heterocycles. The van der Waals surface area contributed by atoms with Gasteiger partial charge in [-0.15, -0.1) is 0 Å².